The average Bonchev–Trinajstić information content (AvgIpc) is 2.69. The van der Waals surface area contributed by atoms with Gasteiger partial charge in [0.15, 0.2) is 0 Å². The quantitative estimate of drug-likeness (QED) is 0.543. The highest BCUT2D eigenvalue weighted by molar-refractivity contribution is 5.91. The van der Waals surface area contributed by atoms with Crippen LogP contribution in [0, 0.1) is 13.8 Å². The van der Waals surface area contributed by atoms with Gasteiger partial charge in [-0.1, -0.05) is 24.3 Å². The monoisotopic (exact) mass is 355 g/mol. The molecule has 4 rings (SSSR count). The molecule has 2 aromatic carbocycles. The Balaban J connectivity index is 1.61. The minimum absolute atomic E-state index is 0.770. The van der Waals surface area contributed by atoms with Crippen molar-refractivity contribution in [2.24, 2.45) is 0 Å². The number of hydrogen-bond donors (Lipinski definition) is 0. The van der Waals surface area contributed by atoms with Gasteiger partial charge in [-0.15, -0.1) is 0 Å². The minimum atomic E-state index is 0.770. The summed E-state index contributed by atoms with van der Waals surface area (Å²) in [5, 5.41) is 1.05. The van der Waals surface area contributed by atoms with Gasteiger partial charge >= 0.3 is 0 Å². The van der Waals surface area contributed by atoms with Crippen LogP contribution in [-0.2, 0) is 6.42 Å². The molecule has 0 N–H and O–H groups in total. The largest absolute Gasteiger partial charge is 0.329 e. The maximum atomic E-state index is 4.67. The molecule has 0 aliphatic rings. The van der Waals surface area contributed by atoms with E-state index in [4.69, 9.17) is 0 Å². The minimum Gasteiger partial charge on any atom is -0.329 e. The number of nitrogens with zero attached hydrogens (tertiary/aromatic N) is 5. The summed E-state index contributed by atoms with van der Waals surface area (Å²) in [5.74, 6) is 2.48. The number of aromatic nitrogens is 4. The molecule has 0 spiro atoms. The van der Waals surface area contributed by atoms with E-state index in [0.29, 0.717) is 0 Å². The summed E-state index contributed by atoms with van der Waals surface area (Å²) in [4.78, 5) is 19.8. The van der Waals surface area contributed by atoms with Gasteiger partial charge in [-0.05, 0) is 49.2 Å². The maximum Gasteiger partial charge on any atom is 0.144 e. The van der Waals surface area contributed by atoms with E-state index in [-0.39, 0.29) is 0 Å². The van der Waals surface area contributed by atoms with Crippen molar-refractivity contribution in [1.29, 1.82) is 0 Å². The van der Waals surface area contributed by atoms with E-state index in [2.05, 4.69) is 55.2 Å². The lowest BCUT2D eigenvalue weighted by Crippen LogP contribution is -2.13. The standard InChI is InChI=1S/C22H21N5/c1-15-23-13-18(14-24-15)12-17-8-10-19(11-9-17)27(3)22-20-6-4-5-7-21(20)25-16(2)26-22/h4-11,13-14H,12H2,1-3H3. The summed E-state index contributed by atoms with van der Waals surface area (Å²) < 4.78 is 0. The fourth-order valence-electron chi connectivity index (χ4n) is 3.13. The summed E-state index contributed by atoms with van der Waals surface area (Å²) in [7, 11) is 2.04. The molecular weight excluding hydrogens is 334 g/mol. The Kier molecular flexibility index (Phi) is 4.50. The van der Waals surface area contributed by atoms with Crippen molar-refractivity contribution < 1.29 is 0 Å². The van der Waals surface area contributed by atoms with Gasteiger partial charge in [0.25, 0.3) is 0 Å². The number of rotatable bonds is 4. The predicted octanol–water partition coefficient (Wildman–Crippen LogP) is 4.40. The van der Waals surface area contributed by atoms with Gasteiger partial charge in [0.05, 0.1) is 5.52 Å². The molecule has 5 heteroatoms. The Hall–Kier alpha value is -3.34. The number of fused-ring (bicyclic) bond motifs is 1. The lowest BCUT2D eigenvalue weighted by molar-refractivity contribution is 1.00. The maximum absolute atomic E-state index is 4.67. The second-order valence-electron chi connectivity index (χ2n) is 6.65. The third kappa shape index (κ3) is 3.62. The Morgan fingerprint density at radius 1 is 0.778 bits per heavy atom. The first kappa shape index (κ1) is 17.1. The van der Waals surface area contributed by atoms with Gasteiger partial charge in [0, 0.05) is 36.9 Å². The van der Waals surface area contributed by atoms with Crippen LogP contribution in [-0.4, -0.2) is 27.0 Å². The summed E-state index contributed by atoms with van der Waals surface area (Å²) in [6.45, 7) is 3.82. The van der Waals surface area contributed by atoms with E-state index in [1.54, 1.807) is 0 Å². The van der Waals surface area contributed by atoms with Crippen LogP contribution in [0.2, 0.25) is 0 Å². The van der Waals surface area contributed by atoms with Crippen molar-refractivity contribution in [3.63, 3.8) is 0 Å². The number of benzene rings is 2. The third-order valence-electron chi connectivity index (χ3n) is 4.58. The SMILES string of the molecule is Cc1ncc(Cc2ccc(N(C)c3nc(C)nc4ccccc34)cc2)cn1. The van der Waals surface area contributed by atoms with Crippen LogP contribution in [0.25, 0.3) is 10.9 Å². The first-order chi connectivity index (χ1) is 13.1. The van der Waals surface area contributed by atoms with Crippen molar-refractivity contribution in [2.75, 3.05) is 11.9 Å². The summed E-state index contributed by atoms with van der Waals surface area (Å²) in [5.41, 5.74) is 4.38. The molecule has 2 heterocycles. The van der Waals surface area contributed by atoms with Crippen molar-refractivity contribution in [3.8, 4) is 0 Å². The Morgan fingerprint density at radius 2 is 1.48 bits per heavy atom. The van der Waals surface area contributed by atoms with Crippen LogP contribution in [0.1, 0.15) is 22.8 Å². The zero-order valence-corrected chi connectivity index (χ0v) is 15.7. The summed E-state index contributed by atoms with van der Waals surface area (Å²) in [6, 6.07) is 16.6. The Bertz CT molecular complexity index is 1070. The molecule has 5 nitrogen and oxygen atoms in total. The lowest BCUT2D eigenvalue weighted by atomic mass is 10.1. The van der Waals surface area contributed by atoms with Gasteiger partial charge in [0.1, 0.15) is 17.5 Å². The number of aryl methyl sites for hydroxylation is 2. The first-order valence-corrected chi connectivity index (χ1v) is 8.94. The van der Waals surface area contributed by atoms with E-state index in [1.807, 2.05) is 51.5 Å². The number of anilines is 2. The molecule has 0 aliphatic carbocycles. The van der Waals surface area contributed by atoms with Crippen molar-refractivity contribution in [1.82, 2.24) is 19.9 Å². The summed E-state index contributed by atoms with van der Waals surface area (Å²) >= 11 is 0. The average molecular weight is 355 g/mol. The van der Waals surface area contributed by atoms with Crippen LogP contribution in [0.3, 0.4) is 0 Å². The van der Waals surface area contributed by atoms with E-state index >= 15 is 0 Å². The molecule has 0 amide bonds. The van der Waals surface area contributed by atoms with Gasteiger partial charge in [-0.3, -0.25) is 0 Å². The fourth-order valence-corrected chi connectivity index (χ4v) is 3.13. The van der Waals surface area contributed by atoms with Gasteiger partial charge in [0.2, 0.25) is 0 Å². The van der Waals surface area contributed by atoms with Crippen LogP contribution >= 0.6 is 0 Å². The molecule has 0 radical (unpaired) electrons. The lowest BCUT2D eigenvalue weighted by Gasteiger charge is -2.20. The number of para-hydroxylation sites is 1. The highest BCUT2D eigenvalue weighted by Gasteiger charge is 2.11. The molecule has 0 fully saturated rings. The van der Waals surface area contributed by atoms with Crippen LogP contribution in [0.4, 0.5) is 11.5 Å². The molecule has 4 aromatic rings. The van der Waals surface area contributed by atoms with Crippen molar-refractivity contribution in [2.45, 2.75) is 20.3 Å². The van der Waals surface area contributed by atoms with E-state index in [0.717, 1.165) is 46.0 Å². The first-order valence-electron chi connectivity index (χ1n) is 8.94. The Morgan fingerprint density at radius 3 is 2.22 bits per heavy atom. The highest BCUT2D eigenvalue weighted by Crippen LogP contribution is 2.29. The van der Waals surface area contributed by atoms with E-state index in [9.17, 15) is 0 Å². The summed E-state index contributed by atoms with van der Waals surface area (Å²) in [6.07, 6.45) is 4.59. The number of hydrogen-bond acceptors (Lipinski definition) is 5. The van der Waals surface area contributed by atoms with Crippen molar-refractivity contribution >= 4 is 22.4 Å². The topological polar surface area (TPSA) is 54.8 Å². The van der Waals surface area contributed by atoms with Gasteiger partial charge in [-0.25, -0.2) is 19.9 Å². The van der Waals surface area contributed by atoms with Crippen molar-refractivity contribution in [3.05, 3.63) is 83.7 Å². The zero-order chi connectivity index (χ0) is 18.8. The molecule has 0 bridgehead atoms. The molecule has 0 aliphatic heterocycles. The zero-order valence-electron chi connectivity index (χ0n) is 15.7. The normalized spacial score (nSPS) is 10.9. The fraction of sp³-hybridized carbons (Fsp3) is 0.182. The molecule has 0 saturated carbocycles. The van der Waals surface area contributed by atoms with E-state index < -0.39 is 0 Å². The Labute approximate surface area is 158 Å². The van der Waals surface area contributed by atoms with E-state index in [1.165, 1.54) is 5.56 Å². The molecule has 0 atom stereocenters. The molecule has 27 heavy (non-hydrogen) atoms. The second-order valence-corrected chi connectivity index (χ2v) is 6.65. The highest BCUT2D eigenvalue weighted by atomic mass is 15.2. The predicted molar refractivity (Wildman–Crippen MR) is 108 cm³/mol. The third-order valence-corrected chi connectivity index (χ3v) is 4.58. The van der Waals surface area contributed by atoms with Crippen LogP contribution < -0.4 is 4.90 Å². The smallest absolute Gasteiger partial charge is 0.144 e. The molecule has 2 aromatic heterocycles. The molecule has 134 valence electrons. The molecule has 0 unspecified atom stereocenters. The van der Waals surface area contributed by atoms with Crippen LogP contribution in [0.5, 0.6) is 0 Å². The van der Waals surface area contributed by atoms with Gasteiger partial charge in [-0.2, -0.15) is 0 Å². The molecule has 0 saturated heterocycles. The van der Waals surface area contributed by atoms with Crippen LogP contribution in [0.15, 0.2) is 60.9 Å². The molecular formula is C22H21N5. The van der Waals surface area contributed by atoms with Gasteiger partial charge < -0.3 is 4.90 Å². The second kappa shape index (κ2) is 7.11.